The molecule has 1 fully saturated rings. The van der Waals surface area contributed by atoms with E-state index < -0.39 is 29.1 Å². The molecule has 136 valence electrons. The largest absolute Gasteiger partial charge is 0.424 e. The van der Waals surface area contributed by atoms with E-state index in [1.54, 1.807) is 6.92 Å². The van der Waals surface area contributed by atoms with Crippen LogP contribution in [0.15, 0.2) is 5.38 Å². The number of nitrogens with one attached hydrogen (secondary N) is 1. The standard InChI is InChI=1S/C16H23F3N2O2S/c1-9-5-4-6-12(11(9)3)21-13(22)7-15(23,16(17,18)19)14-20-10(2)8-24-14/h8-9,11-12,23H,4-7H2,1-3H3,(H,21,22)/t9-,11+,12-,15-/m1/s1. The Kier molecular flexibility index (Phi) is 5.59. The van der Waals surface area contributed by atoms with Gasteiger partial charge in [0.2, 0.25) is 11.5 Å². The molecular weight excluding hydrogens is 341 g/mol. The zero-order valence-electron chi connectivity index (χ0n) is 14.0. The SMILES string of the molecule is Cc1csc([C@](O)(CC(=O)N[C@@H]2CCC[C@@H](C)[C@@H]2C)C(F)(F)F)n1. The summed E-state index contributed by atoms with van der Waals surface area (Å²) < 4.78 is 40.2. The van der Waals surface area contributed by atoms with Gasteiger partial charge in [0.25, 0.3) is 0 Å². The van der Waals surface area contributed by atoms with Crippen LogP contribution in [0.4, 0.5) is 13.2 Å². The second kappa shape index (κ2) is 7.00. The third-order valence-corrected chi connectivity index (χ3v) is 6.02. The van der Waals surface area contributed by atoms with Crippen molar-refractivity contribution in [3.63, 3.8) is 0 Å². The highest BCUT2D eigenvalue weighted by Crippen LogP contribution is 2.43. The Morgan fingerprint density at radius 3 is 2.62 bits per heavy atom. The van der Waals surface area contributed by atoms with Crippen LogP contribution in [0.3, 0.4) is 0 Å². The topological polar surface area (TPSA) is 62.2 Å². The monoisotopic (exact) mass is 364 g/mol. The van der Waals surface area contributed by atoms with E-state index in [-0.39, 0.29) is 12.0 Å². The number of hydrogen-bond acceptors (Lipinski definition) is 4. The predicted molar refractivity (Wildman–Crippen MR) is 85.5 cm³/mol. The number of amides is 1. The Morgan fingerprint density at radius 2 is 2.08 bits per heavy atom. The smallest absolute Gasteiger partial charge is 0.374 e. The summed E-state index contributed by atoms with van der Waals surface area (Å²) in [4.78, 5) is 16.0. The van der Waals surface area contributed by atoms with Crippen LogP contribution in [0.25, 0.3) is 0 Å². The second-order valence-corrected chi connectivity index (χ2v) is 7.63. The van der Waals surface area contributed by atoms with Gasteiger partial charge < -0.3 is 10.4 Å². The highest BCUT2D eigenvalue weighted by atomic mass is 32.1. The van der Waals surface area contributed by atoms with Gasteiger partial charge in [0, 0.05) is 17.1 Å². The van der Waals surface area contributed by atoms with Crippen molar-refractivity contribution in [2.45, 2.75) is 64.3 Å². The lowest BCUT2D eigenvalue weighted by molar-refractivity contribution is -0.267. The minimum atomic E-state index is -4.97. The van der Waals surface area contributed by atoms with E-state index in [0.29, 0.717) is 22.9 Å². The molecule has 8 heteroatoms. The van der Waals surface area contributed by atoms with Crippen LogP contribution >= 0.6 is 11.3 Å². The number of alkyl halides is 3. The molecule has 1 heterocycles. The van der Waals surface area contributed by atoms with Gasteiger partial charge in [0.05, 0.1) is 6.42 Å². The number of hydrogen-bond donors (Lipinski definition) is 2. The Bertz CT molecular complexity index is 590. The van der Waals surface area contributed by atoms with Crippen molar-refractivity contribution in [2.24, 2.45) is 11.8 Å². The van der Waals surface area contributed by atoms with Gasteiger partial charge in [-0.25, -0.2) is 4.98 Å². The zero-order valence-corrected chi connectivity index (χ0v) is 14.8. The van der Waals surface area contributed by atoms with Crippen LogP contribution in [-0.2, 0) is 10.4 Å². The molecule has 0 aliphatic heterocycles. The number of aliphatic hydroxyl groups is 1. The van der Waals surface area contributed by atoms with Crippen molar-refractivity contribution in [1.82, 2.24) is 10.3 Å². The molecule has 0 radical (unpaired) electrons. The van der Waals surface area contributed by atoms with E-state index in [4.69, 9.17) is 0 Å². The molecule has 0 spiro atoms. The van der Waals surface area contributed by atoms with Crippen molar-refractivity contribution >= 4 is 17.2 Å². The van der Waals surface area contributed by atoms with Gasteiger partial charge in [-0.15, -0.1) is 11.3 Å². The molecule has 0 aromatic carbocycles. The third kappa shape index (κ3) is 3.91. The van der Waals surface area contributed by atoms with E-state index in [0.717, 1.165) is 19.3 Å². The fraction of sp³-hybridized carbons (Fsp3) is 0.750. The summed E-state index contributed by atoms with van der Waals surface area (Å²) in [5, 5.41) is 13.8. The van der Waals surface area contributed by atoms with Crippen molar-refractivity contribution < 1.29 is 23.1 Å². The highest BCUT2D eigenvalue weighted by Gasteiger charge is 2.58. The molecule has 0 saturated heterocycles. The molecule has 0 unspecified atom stereocenters. The second-order valence-electron chi connectivity index (χ2n) is 6.77. The molecule has 4 nitrogen and oxygen atoms in total. The number of carbonyl (C=O) groups is 1. The Labute approximate surface area is 143 Å². The van der Waals surface area contributed by atoms with Crippen molar-refractivity contribution in [3.05, 3.63) is 16.1 Å². The zero-order chi connectivity index (χ0) is 18.1. The fourth-order valence-electron chi connectivity index (χ4n) is 3.12. The first-order valence-electron chi connectivity index (χ1n) is 8.05. The summed E-state index contributed by atoms with van der Waals surface area (Å²) >= 11 is 0.711. The minimum absolute atomic E-state index is 0.156. The molecule has 2 N–H and O–H groups in total. The maximum atomic E-state index is 13.4. The summed E-state index contributed by atoms with van der Waals surface area (Å²) in [6, 6.07) is -0.156. The maximum Gasteiger partial charge on any atom is 0.424 e. The van der Waals surface area contributed by atoms with Crippen LogP contribution in [-0.4, -0.2) is 28.2 Å². The molecule has 1 aromatic rings. The molecule has 1 saturated carbocycles. The number of aromatic nitrogens is 1. The minimum Gasteiger partial charge on any atom is -0.374 e. The van der Waals surface area contributed by atoms with Crippen molar-refractivity contribution in [1.29, 1.82) is 0 Å². The first-order valence-corrected chi connectivity index (χ1v) is 8.93. The van der Waals surface area contributed by atoms with Crippen molar-refractivity contribution in [3.8, 4) is 0 Å². The Balaban J connectivity index is 2.14. The molecule has 1 aliphatic carbocycles. The maximum absolute atomic E-state index is 13.4. The first-order chi connectivity index (χ1) is 11.0. The predicted octanol–water partition coefficient (Wildman–Crippen LogP) is 3.53. The summed E-state index contributed by atoms with van der Waals surface area (Å²) in [5.41, 5.74) is -2.87. The number of nitrogens with zero attached hydrogens (tertiary/aromatic N) is 1. The summed E-state index contributed by atoms with van der Waals surface area (Å²) in [6.45, 7) is 5.62. The van der Waals surface area contributed by atoms with Gasteiger partial charge in [0.1, 0.15) is 5.01 Å². The van der Waals surface area contributed by atoms with Crippen LogP contribution in [0.5, 0.6) is 0 Å². The highest BCUT2D eigenvalue weighted by molar-refractivity contribution is 7.09. The molecule has 24 heavy (non-hydrogen) atoms. The average Bonchev–Trinajstić information content (AvgIpc) is 2.89. The van der Waals surface area contributed by atoms with Crippen LogP contribution in [0.2, 0.25) is 0 Å². The first kappa shape index (κ1) is 19.2. The molecule has 2 rings (SSSR count). The summed E-state index contributed by atoms with van der Waals surface area (Å²) in [5.74, 6) is -0.190. The van der Waals surface area contributed by atoms with Gasteiger partial charge >= 0.3 is 6.18 Å². The van der Waals surface area contributed by atoms with E-state index >= 15 is 0 Å². The van der Waals surface area contributed by atoms with E-state index in [2.05, 4.69) is 17.2 Å². The lowest BCUT2D eigenvalue weighted by Gasteiger charge is -2.35. The van der Waals surface area contributed by atoms with Gasteiger partial charge in [-0.1, -0.05) is 26.7 Å². The van der Waals surface area contributed by atoms with Gasteiger partial charge in [0.15, 0.2) is 0 Å². The number of rotatable bonds is 4. The van der Waals surface area contributed by atoms with Crippen LogP contribution in [0, 0.1) is 18.8 Å². The lowest BCUT2D eigenvalue weighted by atomic mass is 9.78. The third-order valence-electron chi connectivity index (χ3n) is 4.91. The normalized spacial score (nSPS) is 27.5. The van der Waals surface area contributed by atoms with E-state index in [1.165, 1.54) is 5.38 Å². The molecular formula is C16H23F3N2O2S. The van der Waals surface area contributed by atoms with Crippen LogP contribution in [0.1, 0.15) is 50.2 Å². The Hall–Kier alpha value is -1.15. The molecule has 1 aromatic heterocycles. The Morgan fingerprint density at radius 1 is 1.42 bits per heavy atom. The molecule has 1 aliphatic rings. The average molecular weight is 364 g/mol. The molecule has 0 bridgehead atoms. The molecule has 4 atom stereocenters. The van der Waals surface area contributed by atoms with Crippen LogP contribution < -0.4 is 5.32 Å². The lowest BCUT2D eigenvalue weighted by Crippen LogP contribution is -2.49. The van der Waals surface area contributed by atoms with E-state index in [1.807, 2.05) is 6.92 Å². The van der Waals surface area contributed by atoms with Gasteiger partial charge in [-0.2, -0.15) is 13.2 Å². The van der Waals surface area contributed by atoms with Gasteiger partial charge in [-0.3, -0.25) is 4.79 Å². The van der Waals surface area contributed by atoms with Gasteiger partial charge in [-0.05, 0) is 25.2 Å². The van der Waals surface area contributed by atoms with Crippen molar-refractivity contribution in [2.75, 3.05) is 0 Å². The summed E-state index contributed by atoms with van der Waals surface area (Å²) in [7, 11) is 0. The number of thiazole rings is 1. The molecule has 1 amide bonds. The number of halogens is 3. The quantitative estimate of drug-likeness (QED) is 0.859. The number of aryl methyl sites for hydroxylation is 1. The number of carbonyl (C=O) groups excluding carboxylic acids is 1. The van der Waals surface area contributed by atoms with E-state index in [9.17, 15) is 23.1 Å². The fourth-order valence-corrected chi connectivity index (χ4v) is 4.03. The summed E-state index contributed by atoms with van der Waals surface area (Å²) in [6.07, 6.45) is -3.30.